The molecular formula is C23H22N4O. The number of carbonyl (C=O) groups is 1. The Bertz CT molecular complexity index is 1130. The smallest absolute Gasteiger partial charge is 0.261 e. The van der Waals surface area contributed by atoms with Gasteiger partial charge in [0, 0.05) is 18.1 Å². The number of para-hydroxylation sites is 1. The number of nitrogens with zero attached hydrogens (tertiary/aromatic N) is 3. The lowest BCUT2D eigenvalue weighted by atomic mass is 10.1. The zero-order chi connectivity index (χ0) is 19.7. The van der Waals surface area contributed by atoms with Crippen LogP contribution in [0, 0.1) is 20.8 Å². The van der Waals surface area contributed by atoms with Crippen LogP contribution in [0.5, 0.6) is 0 Å². The largest absolute Gasteiger partial charge is 0.322 e. The Labute approximate surface area is 164 Å². The van der Waals surface area contributed by atoms with Gasteiger partial charge in [-0.15, -0.1) is 0 Å². The molecule has 0 atom stereocenters. The van der Waals surface area contributed by atoms with Crippen LogP contribution in [0.4, 0.5) is 5.69 Å². The van der Waals surface area contributed by atoms with Crippen molar-refractivity contribution in [3.8, 4) is 11.5 Å². The van der Waals surface area contributed by atoms with E-state index in [2.05, 4.69) is 16.5 Å². The minimum Gasteiger partial charge on any atom is -0.322 e. The van der Waals surface area contributed by atoms with Crippen LogP contribution >= 0.6 is 0 Å². The molecule has 0 saturated heterocycles. The van der Waals surface area contributed by atoms with Gasteiger partial charge in [-0.2, -0.15) is 5.10 Å². The van der Waals surface area contributed by atoms with Gasteiger partial charge in [0.15, 0.2) is 5.82 Å². The van der Waals surface area contributed by atoms with Gasteiger partial charge in [0.1, 0.15) is 5.56 Å². The van der Waals surface area contributed by atoms with Gasteiger partial charge in [0.2, 0.25) is 0 Å². The molecule has 4 rings (SSSR count). The molecule has 0 aliphatic heterocycles. The van der Waals surface area contributed by atoms with E-state index in [0.29, 0.717) is 11.3 Å². The van der Waals surface area contributed by atoms with Crippen LogP contribution in [0.15, 0.2) is 73.1 Å². The average molecular weight is 370 g/mol. The third-order valence-electron chi connectivity index (χ3n) is 4.74. The number of hydrogen-bond acceptors (Lipinski definition) is 2. The summed E-state index contributed by atoms with van der Waals surface area (Å²) in [4.78, 5) is 13.3. The van der Waals surface area contributed by atoms with Crippen molar-refractivity contribution in [1.82, 2.24) is 14.3 Å². The Morgan fingerprint density at radius 1 is 0.929 bits per heavy atom. The molecule has 1 N–H and O–H groups in total. The van der Waals surface area contributed by atoms with E-state index in [0.717, 1.165) is 28.3 Å². The Morgan fingerprint density at radius 3 is 2.32 bits per heavy atom. The lowest BCUT2D eigenvalue weighted by Crippen LogP contribution is -2.16. The van der Waals surface area contributed by atoms with Crippen molar-refractivity contribution in [3.05, 3.63) is 95.4 Å². The molecule has 2 aromatic carbocycles. The van der Waals surface area contributed by atoms with E-state index >= 15 is 0 Å². The zero-order valence-corrected chi connectivity index (χ0v) is 16.2. The number of nitrogens with one attached hydrogen (secondary N) is 1. The molecule has 5 heteroatoms. The quantitative estimate of drug-likeness (QED) is 0.559. The normalized spacial score (nSPS) is 10.8. The first kappa shape index (κ1) is 17.8. The fourth-order valence-corrected chi connectivity index (χ4v) is 3.38. The van der Waals surface area contributed by atoms with E-state index in [4.69, 9.17) is 0 Å². The molecule has 2 aromatic heterocycles. The van der Waals surface area contributed by atoms with Gasteiger partial charge in [0.25, 0.3) is 5.91 Å². The molecule has 0 fully saturated rings. The number of aryl methyl sites for hydroxylation is 3. The third-order valence-corrected chi connectivity index (χ3v) is 4.74. The number of rotatable bonds is 4. The number of anilines is 1. The Morgan fingerprint density at radius 2 is 1.64 bits per heavy atom. The first-order valence-electron chi connectivity index (χ1n) is 9.21. The molecule has 1 amide bonds. The van der Waals surface area contributed by atoms with Crippen LogP contribution in [0.1, 0.15) is 27.2 Å². The van der Waals surface area contributed by atoms with Crippen LogP contribution in [0.25, 0.3) is 11.5 Å². The highest BCUT2D eigenvalue weighted by Gasteiger charge is 2.24. The molecule has 140 valence electrons. The number of aromatic nitrogens is 3. The van der Waals surface area contributed by atoms with E-state index in [1.807, 2.05) is 97.0 Å². The van der Waals surface area contributed by atoms with Crippen LogP contribution in [0.2, 0.25) is 0 Å². The maximum Gasteiger partial charge on any atom is 0.261 e. The van der Waals surface area contributed by atoms with E-state index < -0.39 is 0 Å². The molecule has 0 unspecified atom stereocenters. The van der Waals surface area contributed by atoms with Gasteiger partial charge in [-0.25, -0.2) is 4.68 Å². The number of amides is 1. The van der Waals surface area contributed by atoms with E-state index in [-0.39, 0.29) is 5.91 Å². The minimum atomic E-state index is -0.171. The molecule has 0 radical (unpaired) electrons. The predicted octanol–water partition coefficient (Wildman–Crippen LogP) is 4.84. The highest BCUT2D eigenvalue weighted by atomic mass is 16.1. The number of carbonyl (C=O) groups excluding carboxylic acids is 1. The molecular weight excluding hydrogens is 348 g/mol. The summed E-state index contributed by atoms with van der Waals surface area (Å²) >= 11 is 0. The van der Waals surface area contributed by atoms with Crippen LogP contribution in [0.3, 0.4) is 0 Å². The van der Waals surface area contributed by atoms with Crippen molar-refractivity contribution in [2.75, 3.05) is 5.32 Å². The highest BCUT2D eigenvalue weighted by molar-refractivity contribution is 6.07. The molecule has 5 nitrogen and oxygen atoms in total. The zero-order valence-electron chi connectivity index (χ0n) is 16.2. The lowest BCUT2D eigenvalue weighted by Gasteiger charge is -2.12. The summed E-state index contributed by atoms with van der Waals surface area (Å²) in [5.74, 6) is 0.547. The van der Waals surface area contributed by atoms with Crippen LogP contribution < -0.4 is 5.32 Å². The molecule has 0 spiro atoms. The summed E-state index contributed by atoms with van der Waals surface area (Å²) in [6.07, 6.45) is 3.84. The maximum absolute atomic E-state index is 13.3. The van der Waals surface area contributed by atoms with Crippen molar-refractivity contribution in [3.63, 3.8) is 0 Å². The van der Waals surface area contributed by atoms with Gasteiger partial charge in [-0.3, -0.25) is 4.79 Å². The maximum atomic E-state index is 13.3. The Balaban J connectivity index is 1.82. The molecule has 0 aliphatic carbocycles. The Hall–Kier alpha value is -3.60. The van der Waals surface area contributed by atoms with E-state index in [9.17, 15) is 4.79 Å². The summed E-state index contributed by atoms with van der Waals surface area (Å²) in [6, 6.07) is 19.7. The molecule has 0 saturated carbocycles. The standard InChI is InChI=1S/C23H22N4O/c1-16-11-12-20(17(2)15-16)24-22(28)21-18(3)25-27(19-9-5-4-6-10-19)23(21)26-13-7-8-14-26/h4-15H,1-3H3,(H,24,28). The van der Waals surface area contributed by atoms with Gasteiger partial charge in [-0.05, 0) is 56.7 Å². The van der Waals surface area contributed by atoms with Gasteiger partial charge in [0.05, 0.1) is 11.4 Å². The SMILES string of the molecule is Cc1ccc(NC(=O)c2c(C)nn(-c3ccccc3)c2-n2cccc2)c(C)c1. The van der Waals surface area contributed by atoms with Crippen LogP contribution in [-0.2, 0) is 0 Å². The summed E-state index contributed by atoms with van der Waals surface area (Å²) < 4.78 is 3.73. The molecule has 4 aromatic rings. The fourth-order valence-electron chi connectivity index (χ4n) is 3.38. The molecule has 0 bridgehead atoms. The van der Waals surface area contributed by atoms with Crippen molar-refractivity contribution in [2.45, 2.75) is 20.8 Å². The first-order chi connectivity index (χ1) is 13.5. The molecule has 2 heterocycles. The topological polar surface area (TPSA) is 51.9 Å². The average Bonchev–Trinajstić information content (AvgIpc) is 3.32. The third kappa shape index (κ3) is 3.22. The van der Waals surface area contributed by atoms with Crippen molar-refractivity contribution >= 4 is 11.6 Å². The summed E-state index contributed by atoms with van der Waals surface area (Å²) in [5.41, 5.74) is 5.14. The summed E-state index contributed by atoms with van der Waals surface area (Å²) in [7, 11) is 0. The first-order valence-corrected chi connectivity index (χ1v) is 9.21. The van der Waals surface area contributed by atoms with Crippen molar-refractivity contribution in [2.24, 2.45) is 0 Å². The van der Waals surface area contributed by atoms with Crippen molar-refractivity contribution in [1.29, 1.82) is 0 Å². The number of benzene rings is 2. The second-order valence-electron chi connectivity index (χ2n) is 6.89. The van der Waals surface area contributed by atoms with Crippen molar-refractivity contribution < 1.29 is 4.79 Å². The molecule has 28 heavy (non-hydrogen) atoms. The van der Waals surface area contributed by atoms with Gasteiger partial charge < -0.3 is 9.88 Å². The van der Waals surface area contributed by atoms with E-state index in [1.165, 1.54) is 0 Å². The minimum absolute atomic E-state index is 0.171. The van der Waals surface area contributed by atoms with Crippen LogP contribution in [-0.4, -0.2) is 20.3 Å². The monoisotopic (exact) mass is 370 g/mol. The van der Waals surface area contributed by atoms with Gasteiger partial charge >= 0.3 is 0 Å². The number of hydrogen-bond donors (Lipinski definition) is 1. The van der Waals surface area contributed by atoms with E-state index in [1.54, 1.807) is 0 Å². The highest BCUT2D eigenvalue weighted by Crippen LogP contribution is 2.25. The lowest BCUT2D eigenvalue weighted by molar-refractivity contribution is 0.102. The second kappa shape index (κ2) is 7.19. The second-order valence-corrected chi connectivity index (χ2v) is 6.89. The predicted molar refractivity (Wildman–Crippen MR) is 111 cm³/mol. The molecule has 0 aliphatic rings. The Kier molecular flexibility index (Phi) is 4.57. The van der Waals surface area contributed by atoms with Gasteiger partial charge in [-0.1, -0.05) is 35.9 Å². The summed E-state index contributed by atoms with van der Waals surface area (Å²) in [5, 5.41) is 7.73. The summed E-state index contributed by atoms with van der Waals surface area (Å²) in [6.45, 7) is 5.90. The fraction of sp³-hybridized carbons (Fsp3) is 0.130.